The van der Waals surface area contributed by atoms with Crippen LogP contribution in [-0.2, 0) is 14.8 Å². The van der Waals surface area contributed by atoms with E-state index in [1.807, 2.05) is 0 Å². The summed E-state index contributed by atoms with van der Waals surface area (Å²) in [5.41, 5.74) is 0. The van der Waals surface area contributed by atoms with Crippen LogP contribution in [0.1, 0.15) is 6.92 Å². The van der Waals surface area contributed by atoms with Crippen LogP contribution in [0, 0.1) is 0 Å². The lowest BCUT2D eigenvalue weighted by molar-refractivity contribution is -0.118. The van der Waals surface area contributed by atoms with E-state index < -0.39 is 10.0 Å². The Morgan fingerprint density at radius 3 is 2.36 bits per heavy atom. The third kappa shape index (κ3) is 5.81. The molecule has 0 aromatic carbocycles. The van der Waals surface area contributed by atoms with Gasteiger partial charge in [-0.1, -0.05) is 0 Å². The average molecular weight is 180 g/mol. The van der Waals surface area contributed by atoms with Gasteiger partial charge in [0.1, 0.15) is 0 Å². The average Bonchev–Trinajstić information content (AvgIpc) is 1.87. The molecular formula is C5H12N2O3S. The predicted molar refractivity (Wildman–Crippen MR) is 41.5 cm³/mol. The van der Waals surface area contributed by atoms with Crippen molar-refractivity contribution in [2.75, 3.05) is 19.3 Å². The fourth-order valence-electron chi connectivity index (χ4n) is 0.463. The Hall–Kier alpha value is -0.620. The van der Waals surface area contributed by atoms with Gasteiger partial charge in [0.15, 0.2) is 0 Å². The number of amides is 1. The van der Waals surface area contributed by atoms with Gasteiger partial charge in [-0.05, 0) is 7.05 Å². The first-order valence-electron chi connectivity index (χ1n) is 3.13. The van der Waals surface area contributed by atoms with Crippen molar-refractivity contribution in [3.8, 4) is 0 Å². The van der Waals surface area contributed by atoms with E-state index in [-0.39, 0.29) is 18.2 Å². The summed E-state index contributed by atoms with van der Waals surface area (Å²) in [6.07, 6.45) is 0. The van der Waals surface area contributed by atoms with Crippen molar-refractivity contribution in [2.45, 2.75) is 6.92 Å². The van der Waals surface area contributed by atoms with Crippen molar-refractivity contribution in [1.29, 1.82) is 0 Å². The van der Waals surface area contributed by atoms with Crippen LogP contribution in [-0.4, -0.2) is 33.7 Å². The standard InChI is InChI=1S/C5H12N2O3S/c1-5(8)7-3-4-11(9,10)6-2/h6H,3-4H2,1-2H3,(H,7,8). The normalized spacial score (nSPS) is 11.1. The Morgan fingerprint density at radius 1 is 1.45 bits per heavy atom. The van der Waals surface area contributed by atoms with E-state index in [1.165, 1.54) is 14.0 Å². The molecule has 0 unspecified atom stereocenters. The van der Waals surface area contributed by atoms with Crippen LogP contribution in [0.25, 0.3) is 0 Å². The molecule has 0 aromatic rings. The third-order valence-corrected chi connectivity index (χ3v) is 2.42. The second-order valence-electron chi connectivity index (χ2n) is 2.01. The summed E-state index contributed by atoms with van der Waals surface area (Å²) in [5.74, 6) is -0.306. The molecule has 0 rings (SSSR count). The molecule has 2 N–H and O–H groups in total. The molecule has 0 radical (unpaired) electrons. The molecule has 0 spiro atoms. The quantitative estimate of drug-likeness (QED) is 0.563. The molecule has 0 fully saturated rings. The number of carbonyl (C=O) groups excluding carboxylic acids is 1. The van der Waals surface area contributed by atoms with Crippen molar-refractivity contribution >= 4 is 15.9 Å². The number of nitrogens with one attached hydrogen (secondary N) is 2. The van der Waals surface area contributed by atoms with Gasteiger partial charge >= 0.3 is 0 Å². The van der Waals surface area contributed by atoms with Gasteiger partial charge in [-0.3, -0.25) is 4.79 Å². The molecule has 6 heteroatoms. The van der Waals surface area contributed by atoms with E-state index in [9.17, 15) is 13.2 Å². The summed E-state index contributed by atoms with van der Waals surface area (Å²) < 4.78 is 23.6. The zero-order chi connectivity index (χ0) is 8.91. The van der Waals surface area contributed by atoms with Gasteiger partial charge in [0, 0.05) is 13.5 Å². The van der Waals surface area contributed by atoms with Crippen LogP contribution in [0.2, 0.25) is 0 Å². The Morgan fingerprint density at radius 2 is 2.00 bits per heavy atom. The summed E-state index contributed by atoms with van der Waals surface area (Å²) in [4.78, 5) is 10.3. The topological polar surface area (TPSA) is 75.3 Å². The number of sulfonamides is 1. The van der Waals surface area contributed by atoms with E-state index in [0.717, 1.165) is 0 Å². The van der Waals surface area contributed by atoms with Crippen LogP contribution in [0.4, 0.5) is 0 Å². The molecular weight excluding hydrogens is 168 g/mol. The molecule has 0 bridgehead atoms. The van der Waals surface area contributed by atoms with Crippen LogP contribution < -0.4 is 10.0 Å². The number of hydrogen-bond donors (Lipinski definition) is 2. The fraction of sp³-hybridized carbons (Fsp3) is 0.800. The lowest BCUT2D eigenvalue weighted by atomic mass is 10.6. The number of rotatable bonds is 4. The molecule has 0 aromatic heterocycles. The highest BCUT2D eigenvalue weighted by atomic mass is 32.2. The molecule has 0 aliphatic rings. The molecule has 0 saturated carbocycles. The summed E-state index contributed by atoms with van der Waals surface area (Å²) >= 11 is 0. The van der Waals surface area contributed by atoms with E-state index in [4.69, 9.17) is 0 Å². The van der Waals surface area contributed by atoms with Crippen molar-refractivity contribution in [3.63, 3.8) is 0 Å². The van der Waals surface area contributed by atoms with Gasteiger partial charge in [-0.25, -0.2) is 13.1 Å². The molecule has 0 saturated heterocycles. The zero-order valence-electron chi connectivity index (χ0n) is 6.55. The second kappa shape index (κ2) is 4.30. The first-order valence-corrected chi connectivity index (χ1v) is 4.79. The van der Waals surface area contributed by atoms with E-state index in [1.54, 1.807) is 0 Å². The minimum atomic E-state index is -3.18. The predicted octanol–water partition coefficient (Wildman–Crippen LogP) is -1.33. The van der Waals surface area contributed by atoms with Gasteiger partial charge in [-0.15, -0.1) is 0 Å². The third-order valence-electron chi connectivity index (χ3n) is 1.06. The highest BCUT2D eigenvalue weighted by Crippen LogP contribution is 1.78. The Balaban J connectivity index is 3.63. The lowest BCUT2D eigenvalue weighted by Crippen LogP contribution is -2.31. The molecule has 1 amide bonds. The van der Waals surface area contributed by atoms with E-state index >= 15 is 0 Å². The monoisotopic (exact) mass is 180 g/mol. The molecule has 66 valence electrons. The zero-order valence-corrected chi connectivity index (χ0v) is 7.36. The number of hydrogen-bond acceptors (Lipinski definition) is 3. The van der Waals surface area contributed by atoms with Crippen LogP contribution >= 0.6 is 0 Å². The van der Waals surface area contributed by atoms with Crippen molar-refractivity contribution < 1.29 is 13.2 Å². The maximum absolute atomic E-state index is 10.7. The maximum Gasteiger partial charge on any atom is 0.216 e. The molecule has 0 heterocycles. The number of carbonyl (C=O) groups is 1. The van der Waals surface area contributed by atoms with Gasteiger partial charge in [0.05, 0.1) is 5.75 Å². The largest absolute Gasteiger partial charge is 0.355 e. The van der Waals surface area contributed by atoms with Crippen molar-refractivity contribution in [2.24, 2.45) is 0 Å². The van der Waals surface area contributed by atoms with Crippen LogP contribution in [0.15, 0.2) is 0 Å². The lowest BCUT2D eigenvalue weighted by Gasteiger charge is -2.01. The van der Waals surface area contributed by atoms with Crippen LogP contribution in [0.5, 0.6) is 0 Å². The second-order valence-corrected chi connectivity index (χ2v) is 4.05. The summed E-state index contributed by atoms with van der Waals surface area (Å²) in [6.45, 7) is 1.49. The Bertz CT molecular complexity index is 222. The molecule has 0 aliphatic heterocycles. The SMILES string of the molecule is CNS(=O)(=O)CCNC(C)=O. The summed E-state index contributed by atoms with van der Waals surface area (Å²) in [5, 5.41) is 2.38. The van der Waals surface area contributed by atoms with Crippen molar-refractivity contribution in [1.82, 2.24) is 10.0 Å². The highest BCUT2D eigenvalue weighted by molar-refractivity contribution is 7.89. The molecule has 0 aliphatic carbocycles. The fourth-order valence-corrected chi connectivity index (χ4v) is 1.04. The maximum atomic E-state index is 10.7. The minimum absolute atomic E-state index is 0.0803. The summed E-state index contributed by atoms with van der Waals surface area (Å²) in [7, 11) is -1.84. The van der Waals surface area contributed by atoms with Gasteiger partial charge in [-0.2, -0.15) is 0 Å². The van der Waals surface area contributed by atoms with Crippen molar-refractivity contribution in [3.05, 3.63) is 0 Å². The Kier molecular flexibility index (Phi) is 4.06. The van der Waals surface area contributed by atoms with Gasteiger partial charge < -0.3 is 5.32 Å². The highest BCUT2D eigenvalue weighted by Gasteiger charge is 2.05. The minimum Gasteiger partial charge on any atom is -0.355 e. The Labute approximate surface area is 66.2 Å². The van der Waals surface area contributed by atoms with E-state index in [2.05, 4.69) is 10.0 Å². The molecule has 11 heavy (non-hydrogen) atoms. The van der Waals surface area contributed by atoms with E-state index in [0.29, 0.717) is 0 Å². The molecule has 0 atom stereocenters. The van der Waals surface area contributed by atoms with Crippen LogP contribution in [0.3, 0.4) is 0 Å². The smallest absolute Gasteiger partial charge is 0.216 e. The summed E-state index contributed by atoms with van der Waals surface area (Å²) in [6, 6.07) is 0. The first-order chi connectivity index (χ1) is 4.98. The first kappa shape index (κ1) is 10.4. The van der Waals surface area contributed by atoms with Gasteiger partial charge in [0.2, 0.25) is 15.9 Å². The molecule has 5 nitrogen and oxygen atoms in total. The van der Waals surface area contributed by atoms with Gasteiger partial charge in [0.25, 0.3) is 0 Å².